The number of nitrogens with one attached hydrogen (secondary N) is 3. The Morgan fingerprint density at radius 3 is 2.88 bits per heavy atom. The van der Waals surface area contributed by atoms with Gasteiger partial charge in [0.2, 0.25) is 5.95 Å². The predicted molar refractivity (Wildman–Crippen MR) is 121 cm³/mol. The summed E-state index contributed by atoms with van der Waals surface area (Å²) >= 11 is 0. The Morgan fingerprint density at radius 1 is 1.24 bits per heavy atom. The molecule has 33 heavy (non-hydrogen) atoms. The second kappa shape index (κ2) is 8.82. The summed E-state index contributed by atoms with van der Waals surface area (Å²) in [5.41, 5.74) is 2.76. The minimum Gasteiger partial charge on any atom is -0.379 e. The lowest BCUT2D eigenvalue weighted by atomic mass is 9.89. The molecule has 4 aromatic rings. The number of benzene rings is 1. The van der Waals surface area contributed by atoms with Gasteiger partial charge in [-0.2, -0.15) is 15.1 Å². The van der Waals surface area contributed by atoms with E-state index in [4.69, 9.17) is 4.74 Å². The average Bonchev–Trinajstić information content (AvgIpc) is 3.46. The van der Waals surface area contributed by atoms with Gasteiger partial charge in [0.05, 0.1) is 18.7 Å². The SMILES string of the molecule is CNc1nc(Nc2cccc(Cn3cncn3)c2)nc2c1ncn2C(=O)N[C@@H]1CC[C@H]1OC. The van der Waals surface area contributed by atoms with Crippen molar-refractivity contribution in [3.8, 4) is 0 Å². The summed E-state index contributed by atoms with van der Waals surface area (Å²) in [5.74, 6) is 0.865. The molecule has 3 heterocycles. The molecule has 12 nitrogen and oxygen atoms in total. The van der Waals surface area contributed by atoms with Crippen molar-refractivity contribution in [2.75, 3.05) is 24.8 Å². The van der Waals surface area contributed by atoms with Crippen LogP contribution < -0.4 is 16.0 Å². The Kier molecular flexibility index (Phi) is 5.57. The van der Waals surface area contributed by atoms with E-state index in [1.54, 1.807) is 25.2 Å². The molecule has 0 saturated heterocycles. The van der Waals surface area contributed by atoms with Gasteiger partial charge in [-0.1, -0.05) is 12.1 Å². The molecular formula is C21H24N10O2. The van der Waals surface area contributed by atoms with Crippen LogP contribution in [0.25, 0.3) is 11.2 Å². The van der Waals surface area contributed by atoms with Crippen molar-refractivity contribution >= 4 is 34.6 Å². The summed E-state index contributed by atoms with van der Waals surface area (Å²) in [5, 5.41) is 13.4. The fourth-order valence-corrected chi connectivity index (χ4v) is 3.80. The van der Waals surface area contributed by atoms with E-state index in [0.717, 1.165) is 24.1 Å². The normalized spacial score (nSPS) is 17.5. The summed E-state index contributed by atoms with van der Waals surface area (Å²) in [4.78, 5) is 30.3. The van der Waals surface area contributed by atoms with Gasteiger partial charge < -0.3 is 20.7 Å². The first-order chi connectivity index (χ1) is 16.1. The molecule has 1 amide bonds. The molecule has 1 aromatic carbocycles. The van der Waals surface area contributed by atoms with Crippen molar-refractivity contribution in [3.63, 3.8) is 0 Å². The minimum atomic E-state index is -0.300. The number of methoxy groups -OCH3 is 1. The molecule has 1 aliphatic carbocycles. The van der Waals surface area contributed by atoms with E-state index in [0.29, 0.717) is 29.5 Å². The topological polar surface area (TPSA) is 137 Å². The van der Waals surface area contributed by atoms with Gasteiger partial charge in [0.1, 0.15) is 19.0 Å². The molecule has 2 atom stereocenters. The molecule has 1 aliphatic rings. The van der Waals surface area contributed by atoms with Gasteiger partial charge in [0, 0.05) is 19.8 Å². The quantitative estimate of drug-likeness (QED) is 0.387. The number of carbonyl (C=O) groups excluding carboxylic acids is 1. The minimum absolute atomic E-state index is 0.0177. The number of rotatable bonds is 7. The molecule has 12 heteroatoms. The number of nitrogens with zero attached hydrogens (tertiary/aromatic N) is 7. The van der Waals surface area contributed by atoms with Crippen molar-refractivity contribution in [1.82, 2.24) is 39.6 Å². The molecule has 0 radical (unpaired) electrons. The highest BCUT2D eigenvalue weighted by atomic mass is 16.5. The molecule has 0 unspecified atom stereocenters. The van der Waals surface area contributed by atoms with Gasteiger partial charge in [-0.15, -0.1) is 0 Å². The van der Waals surface area contributed by atoms with E-state index in [9.17, 15) is 4.79 Å². The van der Waals surface area contributed by atoms with Gasteiger partial charge in [0.15, 0.2) is 17.0 Å². The number of hydrogen-bond acceptors (Lipinski definition) is 9. The van der Waals surface area contributed by atoms with Crippen molar-refractivity contribution in [3.05, 3.63) is 48.8 Å². The van der Waals surface area contributed by atoms with Crippen molar-refractivity contribution in [2.24, 2.45) is 0 Å². The maximum absolute atomic E-state index is 12.9. The van der Waals surface area contributed by atoms with Gasteiger partial charge in [-0.05, 0) is 30.5 Å². The standard InChI is InChI=1S/C21H24N10O2/c1-22-18-17-19(31(12-24-17)21(32)27-15-6-7-16(15)33-2)29-20(28-18)26-14-5-3-4-13(8-14)9-30-11-23-10-25-30/h3-5,8,10-12,15-16H,6-7,9H2,1-2H3,(H,27,32)(H2,22,26,28,29)/t15-,16-/m1/s1. The van der Waals surface area contributed by atoms with Crippen LogP contribution in [0, 0.1) is 0 Å². The largest absolute Gasteiger partial charge is 0.379 e. The lowest BCUT2D eigenvalue weighted by Crippen LogP contribution is -2.52. The lowest BCUT2D eigenvalue weighted by Gasteiger charge is -2.35. The van der Waals surface area contributed by atoms with E-state index in [2.05, 4.69) is 41.0 Å². The van der Waals surface area contributed by atoms with E-state index in [1.807, 2.05) is 24.3 Å². The Morgan fingerprint density at radius 2 is 2.15 bits per heavy atom. The number of aromatic nitrogens is 7. The predicted octanol–water partition coefficient (Wildman–Crippen LogP) is 1.99. The first-order valence-corrected chi connectivity index (χ1v) is 10.6. The molecule has 3 N–H and O–H groups in total. The number of amides is 1. The number of ether oxygens (including phenoxy) is 1. The Labute approximate surface area is 189 Å². The van der Waals surface area contributed by atoms with Gasteiger partial charge >= 0.3 is 6.03 Å². The first kappa shape index (κ1) is 20.8. The molecule has 1 saturated carbocycles. The summed E-state index contributed by atoms with van der Waals surface area (Å²) in [6.07, 6.45) is 6.48. The molecule has 0 spiro atoms. The fourth-order valence-electron chi connectivity index (χ4n) is 3.80. The molecule has 5 rings (SSSR count). The van der Waals surface area contributed by atoms with Crippen LogP contribution in [-0.2, 0) is 11.3 Å². The monoisotopic (exact) mass is 448 g/mol. The molecule has 1 fully saturated rings. The van der Waals surface area contributed by atoms with E-state index < -0.39 is 0 Å². The summed E-state index contributed by atoms with van der Waals surface area (Å²) in [6, 6.07) is 7.53. The number of hydrogen-bond donors (Lipinski definition) is 3. The van der Waals surface area contributed by atoms with E-state index >= 15 is 0 Å². The van der Waals surface area contributed by atoms with Crippen LogP contribution in [0.15, 0.2) is 43.2 Å². The van der Waals surface area contributed by atoms with Crippen LogP contribution in [0.4, 0.5) is 22.2 Å². The zero-order valence-electron chi connectivity index (χ0n) is 18.3. The number of fused-ring (bicyclic) bond motifs is 1. The Bertz CT molecular complexity index is 1270. The third kappa shape index (κ3) is 4.20. The van der Waals surface area contributed by atoms with E-state index in [-0.39, 0.29) is 18.2 Å². The molecule has 0 bridgehead atoms. The fraction of sp³-hybridized carbons (Fsp3) is 0.333. The van der Waals surface area contributed by atoms with Crippen LogP contribution in [0.3, 0.4) is 0 Å². The van der Waals surface area contributed by atoms with Crippen molar-refractivity contribution < 1.29 is 9.53 Å². The van der Waals surface area contributed by atoms with Gasteiger partial charge in [-0.25, -0.2) is 24.0 Å². The van der Waals surface area contributed by atoms with Crippen LogP contribution in [0.5, 0.6) is 0 Å². The maximum Gasteiger partial charge on any atom is 0.328 e. The van der Waals surface area contributed by atoms with Crippen LogP contribution in [0.1, 0.15) is 18.4 Å². The molecule has 0 aliphatic heterocycles. The van der Waals surface area contributed by atoms with Gasteiger partial charge in [0.25, 0.3) is 0 Å². The second-order valence-electron chi connectivity index (χ2n) is 7.76. The smallest absolute Gasteiger partial charge is 0.328 e. The molecule has 170 valence electrons. The van der Waals surface area contributed by atoms with Crippen LogP contribution in [-0.4, -0.2) is 66.6 Å². The van der Waals surface area contributed by atoms with E-state index in [1.165, 1.54) is 17.2 Å². The summed E-state index contributed by atoms with van der Waals surface area (Å²) in [6.45, 7) is 0.591. The number of anilines is 3. The highest BCUT2D eigenvalue weighted by Crippen LogP contribution is 2.25. The molecular weight excluding hydrogens is 424 g/mol. The Hall–Kier alpha value is -4.06. The molecule has 3 aromatic heterocycles. The van der Waals surface area contributed by atoms with Gasteiger partial charge in [-0.3, -0.25) is 0 Å². The van der Waals surface area contributed by atoms with Crippen molar-refractivity contribution in [2.45, 2.75) is 31.5 Å². The third-order valence-electron chi connectivity index (χ3n) is 5.67. The van der Waals surface area contributed by atoms with Crippen LogP contribution in [0.2, 0.25) is 0 Å². The summed E-state index contributed by atoms with van der Waals surface area (Å²) < 4.78 is 8.52. The summed E-state index contributed by atoms with van der Waals surface area (Å²) in [7, 11) is 3.40. The van der Waals surface area contributed by atoms with Crippen LogP contribution >= 0.6 is 0 Å². The zero-order chi connectivity index (χ0) is 22.8. The number of carbonyl (C=O) groups is 1. The van der Waals surface area contributed by atoms with Crippen molar-refractivity contribution in [1.29, 1.82) is 0 Å². The second-order valence-corrected chi connectivity index (χ2v) is 7.76. The Balaban J connectivity index is 1.41. The maximum atomic E-state index is 12.9. The lowest BCUT2D eigenvalue weighted by molar-refractivity contribution is 0.0110. The highest BCUT2D eigenvalue weighted by Gasteiger charge is 2.32. The highest BCUT2D eigenvalue weighted by molar-refractivity contribution is 5.92. The number of imidazole rings is 1. The first-order valence-electron chi connectivity index (χ1n) is 10.6. The zero-order valence-corrected chi connectivity index (χ0v) is 18.3. The third-order valence-corrected chi connectivity index (χ3v) is 5.67. The average molecular weight is 448 g/mol.